The first-order chi connectivity index (χ1) is 9.33. The molecule has 102 valence electrons. The summed E-state index contributed by atoms with van der Waals surface area (Å²) in [4.78, 5) is 12.4. The van der Waals surface area contributed by atoms with Gasteiger partial charge in [-0.25, -0.2) is 9.97 Å². The fourth-order valence-corrected chi connectivity index (χ4v) is 3.98. The van der Waals surface area contributed by atoms with Gasteiger partial charge >= 0.3 is 0 Å². The van der Waals surface area contributed by atoms with Gasteiger partial charge in [-0.05, 0) is 50.3 Å². The summed E-state index contributed by atoms with van der Waals surface area (Å²) in [7, 11) is 0. The van der Waals surface area contributed by atoms with E-state index in [9.17, 15) is 0 Å². The highest BCUT2D eigenvalue weighted by atomic mass is 32.2. The molecule has 0 aromatic carbocycles. The molecule has 3 rings (SSSR count). The number of hydrogen-bond donors (Lipinski definition) is 1. The molecule has 1 aliphatic heterocycles. The van der Waals surface area contributed by atoms with Crippen LogP contribution in [0.4, 0.5) is 5.82 Å². The first-order valence-corrected chi connectivity index (χ1v) is 8.55. The van der Waals surface area contributed by atoms with Gasteiger partial charge in [0.15, 0.2) is 5.16 Å². The number of nitrogen functional groups attached to an aromatic ring is 1. The van der Waals surface area contributed by atoms with Crippen molar-refractivity contribution in [2.45, 2.75) is 24.4 Å². The van der Waals surface area contributed by atoms with Crippen molar-refractivity contribution in [3.63, 3.8) is 0 Å². The van der Waals surface area contributed by atoms with Crippen LogP contribution in [0.25, 0.3) is 10.2 Å². The highest BCUT2D eigenvalue weighted by molar-refractivity contribution is 7.99. The maximum Gasteiger partial charge on any atom is 0.190 e. The average molecular weight is 294 g/mol. The van der Waals surface area contributed by atoms with Crippen molar-refractivity contribution in [2.75, 3.05) is 31.1 Å². The minimum atomic E-state index is 0.605. The minimum Gasteiger partial charge on any atom is -0.383 e. The number of likely N-dealkylation sites (tertiary alicyclic amines) is 1. The van der Waals surface area contributed by atoms with Crippen LogP contribution >= 0.6 is 23.1 Å². The highest BCUT2D eigenvalue weighted by Crippen LogP contribution is 2.26. The van der Waals surface area contributed by atoms with Crippen LogP contribution in [0.3, 0.4) is 0 Å². The van der Waals surface area contributed by atoms with Crippen LogP contribution in [-0.4, -0.2) is 40.3 Å². The van der Waals surface area contributed by atoms with Gasteiger partial charge in [0.1, 0.15) is 10.6 Å². The normalized spacial score (nSPS) is 16.4. The summed E-state index contributed by atoms with van der Waals surface area (Å²) in [5.74, 6) is 1.67. The molecule has 19 heavy (non-hydrogen) atoms. The van der Waals surface area contributed by atoms with Crippen LogP contribution in [-0.2, 0) is 0 Å². The zero-order valence-corrected chi connectivity index (χ0v) is 12.5. The van der Waals surface area contributed by atoms with Gasteiger partial charge in [-0.3, -0.25) is 0 Å². The summed E-state index contributed by atoms with van der Waals surface area (Å²) in [5.41, 5.74) is 5.94. The minimum absolute atomic E-state index is 0.605. The van der Waals surface area contributed by atoms with Crippen LogP contribution in [0.15, 0.2) is 16.6 Å². The Morgan fingerprint density at radius 1 is 1.32 bits per heavy atom. The Morgan fingerprint density at radius 3 is 3.00 bits per heavy atom. The van der Waals surface area contributed by atoms with Gasteiger partial charge < -0.3 is 10.6 Å². The van der Waals surface area contributed by atoms with Crippen LogP contribution in [0.5, 0.6) is 0 Å². The molecule has 3 heterocycles. The Balaban J connectivity index is 1.53. The number of thiophene rings is 1. The summed E-state index contributed by atoms with van der Waals surface area (Å²) in [5, 5.41) is 3.80. The van der Waals surface area contributed by atoms with Crippen molar-refractivity contribution in [3.05, 3.63) is 11.4 Å². The van der Waals surface area contributed by atoms with Crippen molar-refractivity contribution in [1.82, 2.24) is 14.9 Å². The molecule has 0 amide bonds. The van der Waals surface area contributed by atoms with E-state index in [2.05, 4.69) is 14.9 Å². The molecule has 6 heteroatoms. The van der Waals surface area contributed by atoms with E-state index >= 15 is 0 Å². The smallest absolute Gasteiger partial charge is 0.190 e. The molecule has 0 bridgehead atoms. The van der Waals surface area contributed by atoms with Crippen molar-refractivity contribution in [3.8, 4) is 0 Å². The lowest BCUT2D eigenvalue weighted by atomic mass is 10.4. The lowest BCUT2D eigenvalue weighted by Crippen LogP contribution is -2.20. The number of nitrogens with zero attached hydrogens (tertiary/aromatic N) is 3. The quantitative estimate of drug-likeness (QED) is 0.522. The van der Waals surface area contributed by atoms with Crippen LogP contribution in [0, 0.1) is 0 Å². The first-order valence-electron chi connectivity index (χ1n) is 6.69. The molecule has 0 aliphatic carbocycles. The predicted molar refractivity (Wildman–Crippen MR) is 82.8 cm³/mol. The van der Waals surface area contributed by atoms with Crippen molar-refractivity contribution in [1.29, 1.82) is 0 Å². The molecule has 0 spiro atoms. The van der Waals surface area contributed by atoms with Gasteiger partial charge in [-0.15, -0.1) is 11.3 Å². The number of anilines is 1. The molecular weight excluding hydrogens is 276 g/mol. The summed E-state index contributed by atoms with van der Waals surface area (Å²) >= 11 is 3.34. The summed E-state index contributed by atoms with van der Waals surface area (Å²) in [6.45, 7) is 3.74. The summed E-state index contributed by atoms with van der Waals surface area (Å²) in [6.07, 6.45) is 3.92. The lowest BCUT2D eigenvalue weighted by molar-refractivity contribution is 0.341. The van der Waals surface area contributed by atoms with E-state index in [1.165, 1.54) is 38.9 Å². The molecule has 0 atom stereocenters. The van der Waals surface area contributed by atoms with E-state index in [1.54, 1.807) is 23.1 Å². The Kier molecular flexibility index (Phi) is 4.20. The molecule has 0 radical (unpaired) electrons. The third-order valence-corrected chi connectivity index (χ3v) is 5.12. The van der Waals surface area contributed by atoms with Gasteiger partial charge in [0.25, 0.3) is 0 Å². The van der Waals surface area contributed by atoms with Crippen molar-refractivity contribution < 1.29 is 0 Å². The second kappa shape index (κ2) is 6.07. The molecule has 2 N–H and O–H groups in total. The van der Waals surface area contributed by atoms with Gasteiger partial charge in [-0.1, -0.05) is 11.8 Å². The number of nitrogens with two attached hydrogens (primary N) is 1. The Hall–Kier alpha value is -0.850. The Bertz CT molecular complexity index is 549. The molecule has 1 aliphatic rings. The maximum absolute atomic E-state index is 5.94. The van der Waals surface area contributed by atoms with Gasteiger partial charge in [0.05, 0.1) is 5.39 Å². The van der Waals surface area contributed by atoms with Crippen LogP contribution in [0.1, 0.15) is 19.3 Å². The first kappa shape index (κ1) is 13.1. The summed E-state index contributed by atoms with van der Waals surface area (Å²) < 4.78 is 0. The number of hydrogen-bond acceptors (Lipinski definition) is 6. The maximum atomic E-state index is 5.94. The third-order valence-electron chi connectivity index (χ3n) is 3.38. The molecule has 1 fully saturated rings. The zero-order valence-electron chi connectivity index (χ0n) is 10.8. The van der Waals surface area contributed by atoms with E-state index in [0.717, 1.165) is 21.1 Å². The van der Waals surface area contributed by atoms with Crippen molar-refractivity contribution >= 4 is 39.1 Å². The fourth-order valence-electron chi connectivity index (χ4n) is 2.38. The molecule has 1 saturated heterocycles. The number of thioether (sulfide) groups is 1. The monoisotopic (exact) mass is 294 g/mol. The van der Waals surface area contributed by atoms with E-state index < -0.39 is 0 Å². The second-order valence-electron chi connectivity index (χ2n) is 4.78. The molecular formula is C13H18N4S2. The van der Waals surface area contributed by atoms with E-state index in [1.807, 2.05) is 11.4 Å². The Labute approximate surface area is 121 Å². The molecule has 0 unspecified atom stereocenters. The highest BCUT2D eigenvalue weighted by Gasteiger charge is 2.11. The second-order valence-corrected chi connectivity index (χ2v) is 6.74. The topological polar surface area (TPSA) is 55.0 Å². The molecule has 4 nitrogen and oxygen atoms in total. The number of aromatic nitrogens is 2. The molecule has 0 saturated carbocycles. The predicted octanol–water partition coefficient (Wildman–Crippen LogP) is 2.85. The van der Waals surface area contributed by atoms with Gasteiger partial charge in [-0.2, -0.15) is 0 Å². The largest absolute Gasteiger partial charge is 0.383 e. The van der Waals surface area contributed by atoms with Gasteiger partial charge in [0, 0.05) is 5.75 Å². The van der Waals surface area contributed by atoms with E-state index in [0.29, 0.717) is 5.82 Å². The van der Waals surface area contributed by atoms with Crippen LogP contribution in [0.2, 0.25) is 0 Å². The number of rotatable bonds is 5. The Morgan fingerprint density at radius 2 is 2.16 bits per heavy atom. The number of fused-ring (bicyclic) bond motifs is 1. The van der Waals surface area contributed by atoms with Gasteiger partial charge in [0.2, 0.25) is 0 Å². The molecule has 2 aromatic rings. The zero-order chi connectivity index (χ0) is 13.1. The van der Waals surface area contributed by atoms with Crippen molar-refractivity contribution in [2.24, 2.45) is 0 Å². The standard InChI is InChI=1S/C13H18N4S2/c14-11-10-4-9-18-12(10)16-13(15-11)19-8-3-7-17-5-1-2-6-17/h4,9H,1-3,5-8H2,(H2,14,15,16). The van der Waals surface area contributed by atoms with Crippen LogP contribution < -0.4 is 5.73 Å². The average Bonchev–Trinajstić information content (AvgIpc) is 3.05. The van der Waals surface area contributed by atoms with E-state index in [-0.39, 0.29) is 0 Å². The third kappa shape index (κ3) is 3.19. The SMILES string of the molecule is Nc1nc(SCCCN2CCCC2)nc2sccc12. The summed E-state index contributed by atoms with van der Waals surface area (Å²) in [6, 6.07) is 1.98. The lowest BCUT2D eigenvalue weighted by Gasteiger charge is -2.13. The molecule has 2 aromatic heterocycles. The van der Waals surface area contributed by atoms with E-state index in [4.69, 9.17) is 5.73 Å². The fraction of sp³-hybridized carbons (Fsp3) is 0.538.